The van der Waals surface area contributed by atoms with Gasteiger partial charge in [0.25, 0.3) is 0 Å². The molecule has 0 saturated heterocycles. The van der Waals surface area contributed by atoms with E-state index in [-0.39, 0.29) is 18.0 Å². The minimum atomic E-state index is -0.288. The number of fused-ring (bicyclic) bond motifs is 1. The van der Waals surface area contributed by atoms with Crippen LogP contribution in [0.1, 0.15) is 21.6 Å². The fourth-order valence-electron chi connectivity index (χ4n) is 2.51. The maximum absolute atomic E-state index is 12.9. The van der Waals surface area contributed by atoms with E-state index in [0.29, 0.717) is 0 Å². The zero-order valence-electron chi connectivity index (χ0n) is 11.1. The molecule has 0 aliphatic rings. The molecule has 1 aromatic heterocycles. The van der Waals surface area contributed by atoms with Gasteiger partial charge >= 0.3 is 0 Å². The van der Waals surface area contributed by atoms with Crippen molar-refractivity contribution in [2.24, 2.45) is 0 Å². The average molecular weight is 267 g/mol. The van der Waals surface area contributed by atoms with E-state index in [1.807, 2.05) is 31.2 Å². The fraction of sp³-hybridized carbons (Fsp3) is 0.118. The van der Waals surface area contributed by atoms with E-state index < -0.39 is 0 Å². The number of aromatic nitrogens is 1. The van der Waals surface area contributed by atoms with Gasteiger partial charge in [-0.05, 0) is 30.7 Å². The van der Waals surface area contributed by atoms with E-state index >= 15 is 0 Å². The number of carbonyl (C=O) groups is 1. The lowest BCUT2D eigenvalue weighted by molar-refractivity contribution is 0.0994. The number of H-pyrrole nitrogens is 1. The van der Waals surface area contributed by atoms with Crippen molar-refractivity contribution >= 4 is 16.7 Å². The molecule has 0 aliphatic carbocycles. The lowest BCUT2D eigenvalue weighted by Gasteiger charge is -2.02. The highest BCUT2D eigenvalue weighted by Gasteiger charge is 2.15. The molecule has 1 heterocycles. The summed E-state index contributed by atoms with van der Waals surface area (Å²) in [5.41, 5.74) is 3.39. The number of aryl methyl sites for hydroxylation is 1. The Balaban J connectivity index is 1.96. The molecule has 0 bridgehead atoms. The molecule has 100 valence electrons. The number of para-hydroxylation sites is 1. The average Bonchev–Trinajstić information content (AvgIpc) is 2.77. The highest BCUT2D eigenvalue weighted by Crippen LogP contribution is 2.23. The Labute approximate surface area is 116 Å². The van der Waals surface area contributed by atoms with Crippen LogP contribution in [0.5, 0.6) is 0 Å². The number of rotatable bonds is 3. The Morgan fingerprint density at radius 3 is 2.55 bits per heavy atom. The maximum atomic E-state index is 12.9. The van der Waals surface area contributed by atoms with E-state index in [1.165, 1.54) is 12.1 Å². The van der Waals surface area contributed by atoms with Crippen molar-refractivity contribution in [3.63, 3.8) is 0 Å². The zero-order chi connectivity index (χ0) is 14.1. The fourth-order valence-corrected chi connectivity index (χ4v) is 2.51. The van der Waals surface area contributed by atoms with Crippen LogP contribution in [0, 0.1) is 12.7 Å². The summed E-state index contributed by atoms with van der Waals surface area (Å²) in [5.74, 6) is -0.240. The minimum absolute atomic E-state index is 0.0477. The van der Waals surface area contributed by atoms with Gasteiger partial charge < -0.3 is 4.98 Å². The Morgan fingerprint density at radius 1 is 1.10 bits per heavy atom. The predicted octanol–water partition coefficient (Wildman–Crippen LogP) is 4.04. The van der Waals surface area contributed by atoms with Crippen molar-refractivity contribution in [3.05, 3.63) is 71.2 Å². The van der Waals surface area contributed by atoms with Crippen LogP contribution in [0.4, 0.5) is 4.39 Å². The van der Waals surface area contributed by atoms with Crippen molar-refractivity contribution in [2.45, 2.75) is 13.3 Å². The molecular formula is C17H14FNO. The first kappa shape index (κ1) is 12.6. The molecule has 3 heteroatoms. The van der Waals surface area contributed by atoms with Crippen LogP contribution >= 0.6 is 0 Å². The van der Waals surface area contributed by atoms with E-state index in [1.54, 1.807) is 12.1 Å². The SMILES string of the molecule is Cc1[nH]c2ccccc2c1C(=O)Cc1ccc(F)cc1. The first-order valence-corrected chi connectivity index (χ1v) is 6.50. The highest BCUT2D eigenvalue weighted by molar-refractivity contribution is 6.09. The molecule has 0 saturated carbocycles. The van der Waals surface area contributed by atoms with Gasteiger partial charge in [0.15, 0.2) is 5.78 Å². The normalized spacial score (nSPS) is 10.9. The van der Waals surface area contributed by atoms with Crippen molar-refractivity contribution in [3.8, 4) is 0 Å². The first-order valence-electron chi connectivity index (χ1n) is 6.50. The molecule has 20 heavy (non-hydrogen) atoms. The van der Waals surface area contributed by atoms with Gasteiger partial charge in [-0.1, -0.05) is 30.3 Å². The van der Waals surface area contributed by atoms with Gasteiger partial charge in [-0.15, -0.1) is 0 Å². The molecule has 0 aliphatic heterocycles. The molecule has 1 N–H and O–H groups in total. The molecule has 0 spiro atoms. The maximum Gasteiger partial charge on any atom is 0.169 e. The Bertz CT molecular complexity index is 771. The van der Waals surface area contributed by atoms with Crippen LogP contribution in [0.25, 0.3) is 10.9 Å². The van der Waals surface area contributed by atoms with Gasteiger partial charge in [0, 0.05) is 28.6 Å². The molecule has 0 fully saturated rings. The van der Waals surface area contributed by atoms with E-state index in [0.717, 1.165) is 27.7 Å². The number of hydrogen-bond acceptors (Lipinski definition) is 1. The van der Waals surface area contributed by atoms with Crippen LogP contribution in [0.15, 0.2) is 48.5 Å². The minimum Gasteiger partial charge on any atom is -0.358 e. The van der Waals surface area contributed by atoms with E-state index in [2.05, 4.69) is 4.98 Å². The summed E-state index contributed by atoms with van der Waals surface area (Å²) in [6, 6.07) is 13.8. The third-order valence-electron chi connectivity index (χ3n) is 3.45. The number of halogens is 1. The van der Waals surface area contributed by atoms with E-state index in [9.17, 15) is 9.18 Å². The van der Waals surface area contributed by atoms with Crippen molar-refractivity contribution < 1.29 is 9.18 Å². The molecule has 3 aromatic rings. The number of aromatic amines is 1. The molecule has 0 radical (unpaired) electrons. The summed E-state index contributed by atoms with van der Waals surface area (Å²) in [6.07, 6.45) is 0.281. The molecule has 3 rings (SSSR count). The summed E-state index contributed by atoms with van der Waals surface area (Å²) in [5, 5.41) is 0.942. The number of hydrogen-bond donors (Lipinski definition) is 1. The van der Waals surface area contributed by atoms with Gasteiger partial charge in [0.1, 0.15) is 5.82 Å². The molecular weight excluding hydrogens is 253 g/mol. The smallest absolute Gasteiger partial charge is 0.169 e. The van der Waals surface area contributed by atoms with Crippen molar-refractivity contribution in [1.29, 1.82) is 0 Å². The van der Waals surface area contributed by atoms with Gasteiger partial charge in [0.2, 0.25) is 0 Å². The summed E-state index contributed by atoms with van der Waals surface area (Å²) in [7, 11) is 0. The zero-order valence-corrected chi connectivity index (χ0v) is 11.1. The Kier molecular flexibility index (Phi) is 3.11. The second-order valence-electron chi connectivity index (χ2n) is 4.90. The number of nitrogens with one attached hydrogen (secondary N) is 1. The third kappa shape index (κ3) is 2.23. The van der Waals surface area contributed by atoms with Gasteiger partial charge in [0.05, 0.1) is 0 Å². The van der Waals surface area contributed by atoms with Crippen LogP contribution in [0.2, 0.25) is 0 Å². The largest absolute Gasteiger partial charge is 0.358 e. The molecule has 2 aromatic carbocycles. The highest BCUT2D eigenvalue weighted by atomic mass is 19.1. The number of carbonyl (C=O) groups excluding carboxylic acids is 1. The molecule has 0 atom stereocenters. The van der Waals surface area contributed by atoms with Crippen molar-refractivity contribution in [2.75, 3.05) is 0 Å². The summed E-state index contributed by atoms with van der Waals surface area (Å²) in [6.45, 7) is 1.90. The molecule has 0 amide bonds. The monoisotopic (exact) mass is 267 g/mol. The van der Waals surface area contributed by atoms with E-state index in [4.69, 9.17) is 0 Å². The van der Waals surface area contributed by atoms with Crippen LogP contribution < -0.4 is 0 Å². The molecule has 0 unspecified atom stereocenters. The second kappa shape index (κ2) is 4.93. The predicted molar refractivity (Wildman–Crippen MR) is 77.5 cm³/mol. The van der Waals surface area contributed by atoms with Crippen LogP contribution in [-0.2, 0) is 6.42 Å². The van der Waals surface area contributed by atoms with Crippen LogP contribution in [-0.4, -0.2) is 10.8 Å². The lowest BCUT2D eigenvalue weighted by Crippen LogP contribution is -2.04. The first-order chi connectivity index (χ1) is 9.65. The lowest BCUT2D eigenvalue weighted by atomic mass is 10.0. The topological polar surface area (TPSA) is 32.9 Å². The van der Waals surface area contributed by atoms with Crippen LogP contribution in [0.3, 0.4) is 0 Å². The third-order valence-corrected chi connectivity index (χ3v) is 3.45. The van der Waals surface area contributed by atoms with Gasteiger partial charge in [-0.25, -0.2) is 4.39 Å². The second-order valence-corrected chi connectivity index (χ2v) is 4.90. The number of Topliss-reactive ketones (excluding diaryl/α,β-unsaturated/α-hetero) is 1. The Hall–Kier alpha value is -2.42. The van der Waals surface area contributed by atoms with Gasteiger partial charge in [-0.3, -0.25) is 4.79 Å². The number of benzene rings is 2. The number of ketones is 1. The quantitative estimate of drug-likeness (QED) is 0.714. The summed E-state index contributed by atoms with van der Waals surface area (Å²) < 4.78 is 12.9. The summed E-state index contributed by atoms with van der Waals surface area (Å²) in [4.78, 5) is 15.7. The molecule has 2 nitrogen and oxygen atoms in total. The standard InChI is InChI=1S/C17H14FNO/c1-11-17(14-4-2-3-5-15(14)19-11)16(20)10-12-6-8-13(18)9-7-12/h2-9,19H,10H2,1H3. The Morgan fingerprint density at radius 2 is 1.80 bits per heavy atom. The van der Waals surface area contributed by atoms with Crippen molar-refractivity contribution in [1.82, 2.24) is 4.98 Å². The summed E-state index contributed by atoms with van der Waals surface area (Å²) >= 11 is 0. The van der Waals surface area contributed by atoms with Gasteiger partial charge in [-0.2, -0.15) is 0 Å².